The van der Waals surface area contributed by atoms with Gasteiger partial charge in [0.15, 0.2) is 0 Å². The van der Waals surface area contributed by atoms with Crippen molar-refractivity contribution in [1.82, 2.24) is 0 Å². The second kappa shape index (κ2) is 9.08. The lowest BCUT2D eigenvalue weighted by molar-refractivity contribution is -0.141. The van der Waals surface area contributed by atoms with E-state index in [1.807, 2.05) is 42.5 Å². The molecule has 30 heavy (non-hydrogen) atoms. The molecule has 0 spiro atoms. The predicted octanol–water partition coefficient (Wildman–Crippen LogP) is 4.07. The van der Waals surface area contributed by atoms with Gasteiger partial charge in [0, 0.05) is 25.2 Å². The van der Waals surface area contributed by atoms with Crippen LogP contribution in [0.4, 0.5) is 0 Å². The first-order valence-corrected chi connectivity index (χ1v) is 10.3. The number of aryl methyl sites for hydroxylation is 1. The molecule has 5 heteroatoms. The third kappa shape index (κ3) is 4.67. The van der Waals surface area contributed by atoms with Crippen molar-refractivity contribution < 1.29 is 23.9 Å². The van der Waals surface area contributed by atoms with E-state index in [-0.39, 0.29) is 36.6 Å². The third-order valence-corrected chi connectivity index (χ3v) is 5.72. The van der Waals surface area contributed by atoms with Gasteiger partial charge in [-0.1, -0.05) is 54.6 Å². The van der Waals surface area contributed by atoms with E-state index in [1.54, 1.807) is 24.3 Å². The minimum absolute atomic E-state index is 0.118. The van der Waals surface area contributed by atoms with Crippen molar-refractivity contribution in [3.63, 3.8) is 0 Å². The van der Waals surface area contributed by atoms with Crippen LogP contribution in [0.2, 0.25) is 0 Å². The first kappa shape index (κ1) is 20.1. The molecule has 0 amide bonds. The number of esters is 2. The number of carbonyl (C=O) groups is 3. The number of rotatable bonds is 7. The summed E-state index contributed by atoms with van der Waals surface area (Å²) in [7, 11) is 0. The van der Waals surface area contributed by atoms with Crippen LogP contribution >= 0.6 is 0 Å². The third-order valence-electron chi connectivity index (χ3n) is 5.72. The molecule has 3 atom stereocenters. The van der Waals surface area contributed by atoms with Crippen LogP contribution in [-0.4, -0.2) is 29.9 Å². The van der Waals surface area contributed by atoms with Crippen LogP contribution in [0.25, 0.3) is 0 Å². The lowest BCUT2D eigenvalue weighted by Crippen LogP contribution is -2.19. The summed E-state index contributed by atoms with van der Waals surface area (Å²) in [5.41, 5.74) is 2.44. The van der Waals surface area contributed by atoms with Crippen molar-refractivity contribution in [2.24, 2.45) is 5.92 Å². The van der Waals surface area contributed by atoms with E-state index in [4.69, 9.17) is 9.47 Å². The Morgan fingerprint density at radius 3 is 2.47 bits per heavy atom. The van der Waals surface area contributed by atoms with Gasteiger partial charge in [0.25, 0.3) is 0 Å². The second-order valence-electron chi connectivity index (χ2n) is 7.77. The summed E-state index contributed by atoms with van der Waals surface area (Å²) in [4.78, 5) is 36.7. The maximum absolute atomic E-state index is 12.5. The number of Topliss-reactive ketones (excluding diaryl/α,β-unsaturated/α-hetero) is 1. The molecule has 1 saturated heterocycles. The molecular formula is C25H24O5. The van der Waals surface area contributed by atoms with E-state index in [9.17, 15) is 14.4 Å². The zero-order valence-electron chi connectivity index (χ0n) is 16.7. The van der Waals surface area contributed by atoms with E-state index in [1.165, 1.54) is 0 Å². The fourth-order valence-electron chi connectivity index (χ4n) is 4.17. The van der Waals surface area contributed by atoms with Crippen LogP contribution < -0.4 is 0 Å². The number of benzene rings is 2. The molecule has 5 nitrogen and oxygen atoms in total. The van der Waals surface area contributed by atoms with Crippen molar-refractivity contribution in [1.29, 1.82) is 0 Å². The van der Waals surface area contributed by atoms with E-state index < -0.39 is 12.1 Å². The quantitative estimate of drug-likeness (QED) is 0.514. The van der Waals surface area contributed by atoms with E-state index in [0.717, 1.165) is 11.1 Å². The Morgan fingerprint density at radius 1 is 1.03 bits per heavy atom. The standard InChI is InChI=1S/C25H24O5/c26-19(12-11-17-7-3-1-4-8-17)13-14-20-21-15-24(27)29-23(21)16-22(20)30-25(28)18-9-5-2-6-10-18/h1-10,14,21-23H,11-13,15-16H2/t21-,22-,23+/m1/s1. The Balaban J connectivity index is 1.42. The molecule has 0 aromatic heterocycles. The molecular weight excluding hydrogens is 380 g/mol. The van der Waals surface area contributed by atoms with Crippen LogP contribution in [-0.2, 0) is 25.5 Å². The number of hydrogen-bond donors (Lipinski definition) is 0. The Bertz CT molecular complexity index is 948. The van der Waals surface area contributed by atoms with E-state index >= 15 is 0 Å². The normalized spacial score (nSPS) is 23.8. The first-order valence-electron chi connectivity index (χ1n) is 10.3. The zero-order valence-corrected chi connectivity index (χ0v) is 16.7. The topological polar surface area (TPSA) is 69.7 Å². The first-order chi connectivity index (χ1) is 14.6. The SMILES string of the molecule is O=C(CC=C1[C@H]2CC(=O)O[C@H]2C[C@H]1OC(=O)c1ccccc1)CCc1ccccc1. The van der Waals surface area contributed by atoms with Crippen LogP contribution in [0.3, 0.4) is 0 Å². The number of ether oxygens (including phenoxy) is 2. The highest BCUT2D eigenvalue weighted by Gasteiger charge is 2.48. The van der Waals surface area contributed by atoms with E-state index in [2.05, 4.69) is 0 Å². The summed E-state index contributed by atoms with van der Waals surface area (Å²) in [5.74, 6) is -0.645. The lowest BCUT2D eigenvalue weighted by Gasteiger charge is -2.16. The van der Waals surface area contributed by atoms with Gasteiger partial charge in [-0.05, 0) is 29.7 Å². The Morgan fingerprint density at radius 2 is 1.73 bits per heavy atom. The van der Waals surface area contributed by atoms with Crippen molar-refractivity contribution in [3.8, 4) is 0 Å². The summed E-state index contributed by atoms with van der Waals surface area (Å²) >= 11 is 0. The molecule has 0 bridgehead atoms. The molecule has 1 aliphatic heterocycles. The average Bonchev–Trinajstić information content (AvgIpc) is 3.27. The Hall–Kier alpha value is -3.21. The molecule has 1 saturated carbocycles. The molecule has 1 aliphatic carbocycles. The van der Waals surface area contributed by atoms with Crippen LogP contribution in [0.15, 0.2) is 72.3 Å². The van der Waals surface area contributed by atoms with Crippen molar-refractivity contribution >= 4 is 17.7 Å². The molecule has 0 radical (unpaired) electrons. The minimum Gasteiger partial charge on any atom is -0.462 e. The predicted molar refractivity (Wildman–Crippen MR) is 111 cm³/mol. The number of fused-ring (bicyclic) bond motifs is 1. The van der Waals surface area contributed by atoms with Crippen molar-refractivity contribution in [2.45, 2.75) is 44.3 Å². The Kier molecular flexibility index (Phi) is 6.07. The van der Waals surface area contributed by atoms with Crippen molar-refractivity contribution in [2.75, 3.05) is 0 Å². The van der Waals surface area contributed by atoms with Gasteiger partial charge in [0.2, 0.25) is 0 Å². The van der Waals surface area contributed by atoms with E-state index in [0.29, 0.717) is 24.8 Å². The minimum atomic E-state index is -0.470. The lowest BCUT2D eigenvalue weighted by atomic mass is 9.96. The van der Waals surface area contributed by atoms with Gasteiger partial charge in [-0.25, -0.2) is 4.79 Å². The summed E-state index contributed by atoms with van der Waals surface area (Å²) < 4.78 is 11.1. The maximum atomic E-state index is 12.5. The molecule has 4 rings (SSSR count). The number of carbonyl (C=O) groups excluding carboxylic acids is 3. The number of allylic oxidation sites excluding steroid dienone is 1. The molecule has 2 aliphatic rings. The summed E-state index contributed by atoms with van der Waals surface area (Å²) in [6, 6.07) is 18.7. The summed E-state index contributed by atoms with van der Waals surface area (Å²) in [6.45, 7) is 0. The molecule has 154 valence electrons. The van der Waals surface area contributed by atoms with Gasteiger partial charge in [0.05, 0.1) is 12.0 Å². The number of ketones is 1. The molecule has 0 N–H and O–H groups in total. The second-order valence-corrected chi connectivity index (χ2v) is 7.77. The monoisotopic (exact) mass is 404 g/mol. The molecule has 1 heterocycles. The fourth-order valence-corrected chi connectivity index (χ4v) is 4.17. The van der Waals surface area contributed by atoms with Crippen molar-refractivity contribution in [3.05, 3.63) is 83.4 Å². The van der Waals surface area contributed by atoms with Crippen LogP contribution in [0.5, 0.6) is 0 Å². The van der Waals surface area contributed by atoms with Crippen LogP contribution in [0, 0.1) is 5.92 Å². The maximum Gasteiger partial charge on any atom is 0.338 e. The van der Waals surface area contributed by atoms with Gasteiger partial charge in [-0.15, -0.1) is 0 Å². The highest BCUT2D eigenvalue weighted by Crippen LogP contribution is 2.42. The molecule has 2 aromatic carbocycles. The van der Waals surface area contributed by atoms with Gasteiger partial charge in [0.1, 0.15) is 18.0 Å². The average molecular weight is 404 g/mol. The molecule has 0 unspecified atom stereocenters. The van der Waals surface area contributed by atoms with Crippen LogP contribution in [0.1, 0.15) is 41.6 Å². The smallest absolute Gasteiger partial charge is 0.338 e. The van der Waals surface area contributed by atoms with Gasteiger partial charge >= 0.3 is 11.9 Å². The highest BCUT2D eigenvalue weighted by molar-refractivity contribution is 5.89. The number of hydrogen-bond acceptors (Lipinski definition) is 5. The van der Waals surface area contributed by atoms with Gasteiger partial charge in [-0.3, -0.25) is 9.59 Å². The summed E-state index contributed by atoms with van der Waals surface area (Å²) in [5, 5.41) is 0. The summed E-state index contributed by atoms with van der Waals surface area (Å²) in [6.07, 6.45) is 3.23. The zero-order chi connectivity index (χ0) is 20.9. The highest BCUT2D eigenvalue weighted by atomic mass is 16.6. The molecule has 2 aromatic rings. The van der Waals surface area contributed by atoms with Gasteiger partial charge in [-0.2, -0.15) is 0 Å². The Labute approximate surface area is 175 Å². The fraction of sp³-hybridized carbons (Fsp3) is 0.320. The van der Waals surface area contributed by atoms with Gasteiger partial charge < -0.3 is 9.47 Å². The molecule has 2 fully saturated rings. The largest absolute Gasteiger partial charge is 0.462 e.